The highest BCUT2D eigenvalue weighted by atomic mass is 16.5. The number of nitrogens with one attached hydrogen (secondary N) is 2. The minimum Gasteiger partial charge on any atom is -0.468 e. The van der Waals surface area contributed by atoms with Gasteiger partial charge >= 0.3 is 11.9 Å². The van der Waals surface area contributed by atoms with E-state index < -0.39 is 0 Å². The lowest BCUT2D eigenvalue weighted by Gasteiger charge is -2.22. The number of unbranched alkanes of at least 4 members (excludes halogenated alkanes) is 25. The number of rotatable bonds is 43. The standard InChI is InChI=1S/C39H81N5O2.C10H20O2/c1-6-9-12-15-19-24-30-37(31-25-20-16-13-10-7-2)46-38(45)32-26-21-18-23-28-35-44(34-27-22-17-14-11-8-3)36-29-33-41-39(42-40)43(4)5;1-2-3-4-5-6-7-8-9-12-10-11/h37H,6-36,40H2,1-5H3,(H,41,42);10H,2-9H2,1H3/p+1. The highest BCUT2D eigenvalue weighted by molar-refractivity contribution is 5.73. The Hall–Kier alpha value is -1.87. The van der Waals surface area contributed by atoms with Gasteiger partial charge in [0.1, 0.15) is 6.10 Å². The van der Waals surface area contributed by atoms with Crippen molar-refractivity contribution in [3.63, 3.8) is 0 Å². The van der Waals surface area contributed by atoms with E-state index in [0.717, 1.165) is 57.6 Å². The summed E-state index contributed by atoms with van der Waals surface area (Å²) in [5.41, 5.74) is 2.74. The van der Waals surface area contributed by atoms with Crippen LogP contribution in [0.4, 0.5) is 0 Å². The zero-order chi connectivity index (χ0) is 43.0. The zero-order valence-corrected chi connectivity index (χ0v) is 39.8. The Balaban J connectivity index is 0. The van der Waals surface area contributed by atoms with Gasteiger partial charge in [-0.15, -0.1) is 0 Å². The van der Waals surface area contributed by atoms with Gasteiger partial charge in [0.2, 0.25) is 0 Å². The van der Waals surface area contributed by atoms with Crippen molar-refractivity contribution in [1.29, 1.82) is 0 Å². The normalized spacial score (nSPS) is 11.1. The van der Waals surface area contributed by atoms with E-state index in [1.807, 2.05) is 18.7 Å². The summed E-state index contributed by atoms with van der Waals surface area (Å²) in [7, 11) is 3.97. The summed E-state index contributed by atoms with van der Waals surface area (Å²) in [5.74, 6) is 6.53. The number of esters is 1. The van der Waals surface area contributed by atoms with E-state index in [9.17, 15) is 9.59 Å². The minimum atomic E-state index is 0.0418. The molecule has 0 aliphatic carbocycles. The highest BCUT2D eigenvalue weighted by Gasteiger charge is 2.14. The molecule has 0 aliphatic rings. The second-order valence-corrected chi connectivity index (χ2v) is 17.1. The molecule has 4 N–H and O–H groups in total. The molecule has 0 rings (SSSR count). The number of hydrogen-bond donors (Lipinski definition) is 3. The number of hydrogen-bond acceptors (Lipinski definition) is 6. The van der Waals surface area contributed by atoms with Crippen molar-refractivity contribution >= 4 is 18.4 Å². The van der Waals surface area contributed by atoms with Crippen molar-refractivity contribution in [1.82, 2.24) is 15.6 Å². The average molecular weight is 825 g/mol. The van der Waals surface area contributed by atoms with Crippen molar-refractivity contribution in [3.8, 4) is 0 Å². The maximum atomic E-state index is 12.7. The third-order valence-corrected chi connectivity index (χ3v) is 11.2. The number of nitrogens with two attached hydrogens (primary N) is 1. The monoisotopic (exact) mass is 825 g/mol. The van der Waals surface area contributed by atoms with Crippen LogP contribution in [0.15, 0.2) is 0 Å². The molecule has 0 saturated heterocycles. The molecule has 0 aromatic rings. The van der Waals surface area contributed by atoms with Crippen LogP contribution in [0.2, 0.25) is 0 Å². The Kier molecular flexibility index (Phi) is 49.7. The first-order valence-corrected chi connectivity index (χ1v) is 25.1. The molecule has 0 bridgehead atoms. The van der Waals surface area contributed by atoms with Crippen LogP contribution in [-0.2, 0) is 19.1 Å². The lowest BCUT2D eigenvalue weighted by Crippen LogP contribution is -2.47. The van der Waals surface area contributed by atoms with Gasteiger partial charge in [-0.2, -0.15) is 5.84 Å². The molecule has 0 heterocycles. The first-order valence-electron chi connectivity index (χ1n) is 25.1. The van der Waals surface area contributed by atoms with E-state index in [2.05, 4.69) is 48.1 Å². The van der Waals surface area contributed by atoms with Gasteiger partial charge < -0.3 is 14.4 Å². The smallest absolute Gasteiger partial charge is 0.362 e. The Morgan fingerprint density at radius 2 is 0.966 bits per heavy atom. The van der Waals surface area contributed by atoms with E-state index in [-0.39, 0.29) is 12.1 Å². The fourth-order valence-electron chi connectivity index (χ4n) is 7.44. The molecule has 346 valence electrons. The molecule has 0 atom stereocenters. The number of guanidine groups is 1. The second-order valence-electron chi connectivity index (χ2n) is 17.1. The van der Waals surface area contributed by atoms with Crippen molar-refractivity contribution in [2.75, 3.05) is 46.9 Å². The predicted molar refractivity (Wildman–Crippen MR) is 250 cm³/mol. The first-order chi connectivity index (χ1) is 28.4. The Morgan fingerprint density at radius 1 is 0.569 bits per heavy atom. The molecule has 0 saturated carbocycles. The van der Waals surface area contributed by atoms with Gasteiger partial charge in [0.25, 0.3) is 6.47 Å². The van der Waals surface area contributed by atoms with Gasteiger partial charge in [-0.25, -0.2) is 5.43 Å². The summed E-state index contributed by atoms with van der Waals surface area (Å²) in [6.07, 6.45) is 42.2. The summed E-state index contributed by atoms with van der Waals surface area (Å²) >= 11 is 0. The van der Waals surface area contributed by atoms with E-state index in [0.29, 0.717) is 19.5 Å². The molecule has 0 spiro atoms. The van der Waals surface area contributed by atoms with Crippen LogP contribution in [-0.4, -0.2) is 80.9 Å². The molecule has 0 aromatic carbocycles. The van der Waals surface area contributed by atoms with Gasteiger partial charge in [0.15, 0.2) is 0 Å². The number of hydrazine groups is 1. The van der Waals surface area contributed by atoms with Crippen LogP contribution in [0.5, 0.6) is 0 Å². The Morgan fingerprint density at radius 3 is 1.40 bits per heavy atom. The lowest BCUT2D eigenvalue weighted by molar-refractivity contribution is -0.469. The summed E-state index contributed by atoms with van der Waals surface area (Å²) in [5, 5.41) is 3.41. The summed E-state index contributed by atoms with van der Waals surface area (Å²) in [6, 6.07) is 0. The number of nitrogens with zero attached hydrogens (tertiary/aromatic N) is 2. The van der Waals surface area contributed by atoms with Crippen molar-refractivity contribution in [2.24, 2.45) is 5.84 Å². The summed E-state index contributed by atoms with van der Waals surface area (Å²) in [4.78, 5) is 25.2. The van der Waals surface area contributed by atoms with Crippen LogP contribution < -0.4 is 16.6 Å². The molecule has 0 amide bonds. The van der Waals surface area contributed by atoms with E-state index in [1.165, 1.54) is 186 Å². The number of carbonyl (C=O) groups excluding carboxylic acids is 2. The largest absolute Gasteiger partial charge is 0.468 e. The van der Waals surface area contributed by atoms with E-state index in [1.54, 1.807) is 0 Å². The van der Waals surface area contributed by atoms with Crippen LogP contribution in [0.1, 0.15) is 246 Å². The molecule has 0 unspecified atom stereocenters. The first kappa shape index (κ1) is 58.2. The van der Waals surface area contributed by atoms with Gasteiger partial charge in [-0.1, -0.05) is 182 Å². The fourth-order valence-corrected chi connectivity index (χ4v) is 7.44. The molecule has 58 heavy (non-hydrogen) atoms. The van der Waals surface area contributed by atoms with Crippen molar-refractivity contribution in [2.45, 2.75) is 252 Å². The van der Waals surface area contributed by atoms with Gasteiger partial charge in [-0.3, -0.25) is 19.5 Å². The molecule has 9 nitrogen and oxygen atoms in total. The zero-order valence-electron chi connectivity index (χ0n) is 39.8. The van der Waals surface area contributed by atoms with Crippen LogP contribution in [0.3, 0.4) is 0 Å². The van der Waals surface area contributed by atoms with E-state index >= 15 is 0 Å². The number of ether oxygens (including phenoxy) is 2. The van der Waals surface area contributed by atoms with Gasteiger partial charge in [-0.05, 0) is 70.9 Å². The predicted octanol–water partition coefficient (Wildman–Crippen LogP) is 12.4. The van der Waals surface area contributed by atoms with Gasteiger partial charge in [0.05, 0.1) is 27.2 Å². The Bertz CT molecular complexity index is 854. The maximum Gasteiger partial charge on any atom is 0.362 e. The third kappa shape index (κ3) is 45.2. The molecular formula is C49H102N5O4+. The molecule has 0 fully saturated rings. The molecule has 9 heteroatoms. The molecular weight excluding hydrogens is 723 g/mol. The lowest BCUT2D eigenvalue weighted by atomic mass is 10.0. The van der Waals surface area contributed by atoms with Crippen LogP contribution in [0, 0.1) is 0 Å². The summed E-state index contributed by atoms with van der Waals surface area (Å²) < 4.78 is 12.6. The number of carbonyl (C=O) groups is 2. The average Bonchev–Trinajstić information content (AvgIpc) is 3.22. The molecule has 0 aliphatic heterocycles. The minimum absolute atomic E-state index is 0.0418. The SMILES string of the molecule is CCCCCCCCC(CCCCCCCC)OC(=O)CCCCCCCN(CCCCCCCC)CCCNC(NN)=[N+](C)C.CCCCCCCCCOC=O. The van der Waals surface area contributed by atoms with E-state index in [4.69, 9.17) is 10.6 Å². The topological polar surface area (TPSA) is 109 Å². The highest BCUT2D eigenvalue weighted by Crippen LogP contribution is 2.18. The van der Waals surface area contributed by atoms with Crippen molar-refractivity contribution in [3.05, 3.63) is 0 Å². The quantitative estimate of drug-likeness (QED) is 0.00815. The third-order valence-electron chi connectivity index (χ3n) is 11.2. The summed E-state index contributed by atoms with van der Waals surface area (Å²) in [6.45, 7) is 14.6. The Labute approximate surface area is 361 Å². The van der Waals surface area contributed by atoms with Gasteiger partial charge in [0, 0.05) is 13.0 Å². The van der Waals surface area contributed by atoms with Crippen LogP contribution in [0.25, 0.3) is 0 Å². The maximum absolute atomic E-state index is 12.7. The molecule has 0 aromatic heterocycles. The second kappa shape index (κ2) is 49.5. The fraction of sp³-hybridized carbons (Fsp3) is 0.939. The van der Waals surface area contributed by atoms with Crippen molar-refractivity contribution < 1.29 is 23.6 Å². The molecule has 0 radical (unpaired) electrons. The van der Waals surface area contributed by atoms with Crippen LogP contribution >= 0.6 is 0 Å².